The average molecular weight is 483 g/mol. The number of methoxy groups -OCH3 is 2. The van der Waals surface area contributed by atoms with Gasteiger partial charge in [-0.2, -0.15) is 0 Å². The monoisotopic (exact) mass is 482 g/mol. The predicted octanol–water partition coefficient (Wildman–Crippen LogP) is 3.65. The maximum atomic E-state index is 12.1. The van der Waals surface area contributed by atoms with E-state index in [-0.39, 0.29) is 12.3 Å². The molecule has 0 saturated carbocycles. The number of hydrogen-bond acceptors (Lipinski definition) is 7. The third kappa shape index (κ3) is 6.86. The van der Waals surface area contributed by atoms with Crippen LogP contribution in [-0.4, -0.2) is 61.6 Å². The first-order chi connectivity index (χ1) is 15.5. The number of carbonyl (C=O) groups is 1. The Morgan fingerprint density at radius 2 is 2.12 bits per heavy atom. The lowest BCUT2D eigenvalue weighted by atomic mass is 9.88. The Morgan fingerprint density at radius 3 is 2.70 bits per heavy atom. The number of cyclic esters (lactones) is 1. The van der Waals surface area contributed by atoms with Crippen molar-refractivity contribution in [3.05, 3.63) is 46.5 Å². The van der Waals surface area contributed by atoms with Crippen molar-refractivity contribution in [3.8, 4) is 5.75 Å². The molecule has 1 aliphatic rings. The fourth-order valence-electron chi connectivity index (χ4n) is 3.76. The van der Waals surface area contributed by atoms with Gasteiger partial charge in [0.25, 0.3) is 0 Å². The molecular weight excluding hydrogens is 448 g/mol. The third-order valence-corrected chi connectivity index (χ3v) is 6.29. The van der Waals surface area contributed by atoms with Gasteiger partial charge in [0.1, 0.15) is 23.0 Å². The minimum absolute atomic E-state index is 0.0771. The molecule has 1 saturated heterocycles. The zero-order valence-electron chi connectivity index (χ0n) is 20.0. The molecule has 2 rings (SSSR count). The van der Waals surface area contributed by atoms with E-state index in [9.17, 15) is 15.0 Å². The molecule has 1 aromatic rings. The van der Waals surface area contributed by atoms with Gasteiger partial charge in [-0.1, -0.05) is 42.3 Å². The van der Waals surface area contributed by atoms with Gasteiger partial charge in [0.15, 0.2) is 5.72 Å². The molecule has 1 heterocycles. The molecule has 0 aromatic heterocycles. The minimum atomic E-state index is -1.67. The molecule has 0 radical (unpaired) electrons. The van der Waals surface area contributed by atoms with Gasteiger partial charge in [-0.05, 0) is 38.0 Å². The number of aliphatic hydroxyl groups excluding tert-OH is 1. The fraction of sp³-hybridized carbons (Fsp3) is 0.542. The van der Waals surface area contributed by atoms with E-state index in [1.165, 1.54) is 7.11 Å². The highest BCUT2D eigenvalue weighted by molar-refractivity contribution is 6.34. The van der Waals surface area contributed by atoms with Crippen LogP contribution < -0.4 is 15.4 Å². The Morgan fingerprint density at radius 1 is 1.42 bits per heavy atom. The van der Waals surface area contributed by atoms with Gasteiger partial charge in [0.05, 0.1) is 18.9 Å². The number of rotatable bonds is 10. The zero-order valence-corrected chi connectivity index (χ0v) is 20.8. The van der Waals surface area contributed by atoms with E-state index in [4.69, 9.17) is 25.8 Å². The second-order valence-electron chi connectivity index (χ2n) is 8.44. The van der Waals surface area contributed by atoms with Gasteiger partial charge in [-0.3, -0.25) is 5.32 Å². The minimum Gasteiger partial charge on any atom is -0.495 e. The standard InChI is InChI=1S/C24H35ClN2O6/c1-14(10-17-11-18(26-4)22(25)19(12-17)31-5)8-7-9-21(32-6)24(30)13-20(15(2)16(3)28)33-23(29)27-24/h7-9,11-12,15-16,20-21,26,28,30H,10,13H2,1-6H3,(H,27,29)/b9-7+,14-8+/t15-,16?,20?,21+,24-/m0/s1. The molecule has 2 unspecified atom stereocenters. The number of alkyl carbamates (subject to hydrolysis) is 1. The second-order valence-corrected chi connectivity index (χ2v) is 8.82. The number of amides is 1. The van der Waals surface area contributed by atoms with Crippen LogP contribution in [0.4, 0.5) is 10.5 Å². The highest BCUT2D eigenvalue weighted by Crippen LogP contribution is 2.34. The Balaban J connectivity index is 2.15. The highest BCUT2D eigenvalue weighted by Gasteiger charge is 2.46. The van der Waals surface area contributed by atoms with Crippen molar-refractivity contribution in [2.45, 2.75) is 57.6 Å². The van der Waals surface area contributed by atoms with Crippen LogP contribution >= 0.6 is 11.6 Å². The summed E-state index contributed by atoms with van der Waals surface area (Å²) in [7, 11) is 4.83. The summed E-state index contributed by atoms with van der Waals surface area (Å²) in [6, 6.07) is 3.86. The summed E-state index contributed by atoms with van der Waals surface area (Å²) in [4.78, 5) is 12.1. The number of benzene rings is 1. The van der Waals surface area contributed by atoms with Crippen LogP contribution in [0.5, 0.6) is 5.75 Å². The molecule has 1 aromatic carbocycles. The van der Waals surface area contributed by atoms with Crippen LogP contribution in [0.1, 0.15) is 32.8 Å². The van der Waals surface area contributed by atoms with Crippen molar-refractivity contribution >= 4 is 23.4 Å². The lowest BCUT2D eigenvalue weighted by molar-refractivity contribution is -0.147. The van der Waals surface area contributed by atoms with Crippen molar-refractivity contribution in [1.82, 2.24) is 5.32 Å². The van der Waals surface area contributed by atoms with Crippen LogP contribution in [-0.2, 0) is 15.9 Å². The Hall–Kier alpha value is -2.26. The SMILES string of the molecule is CNc1cc(C/C(C)=C/C=C/[C@@H](OC)[C@@]2(O)CC([C@@H](C)C(C)O)OC(=O)N2)cc(OC)c1Cl. The van der Waals surface area contributed by atoms with Crippen LogP contribution in [0.3, 0.4) is 0 Å². The van der Waals surface area contributed by atoms with Gasteiger partial charge in [-0.15, -0.1) is 0 Å². The maximum Gasteiger partial charge on any atom is 0.409 e. The smallest absolute Gasteiger partial charge is 0.409 e. The second kappa shape index (κ2) is 11.7. The number of ether oxygens (including phenoxy) is 3. The normalized spacial score (nSPS) is 24.1. The number of allylic oxidation sites excluding steroid dienone is 3. The van der Waals surface area contributed by atoms with Gasteiger partial charge >= 0.3 is 6.09 Å². The molecule has 1 aliphatic heterocycles. The van der Waals surface area contributed by atoms with Crippen molar-refractivity contribution in [1.29, 1.82) is 0 Å². The number of aliphatic hydroxyl groups is 2. The quantitative estimate of drug-likeness (QED) is 0.377. The number of halogens is 1. The molecule has 0 aliphatic carbocycles. The zero-order chi connectivity index (χ0) is 24.8. The fourth-order valence-corrected chi connectivity index (χ4v) is 4.04. The van der Waals surface area contributed by atoms with E-state index >= 15 is 0 Å². The molecular formula is C24H35ClN2O6. The molecule has 4 N–H and O–H groups in total. The summed E-state index contributed by atoms with van der Waals surface area (Å²) in [5, 5.41) is 27.0. The first-order valence-electron chi connectivity index (χ1n) is 10.8. The molecule has 8 nitrogen and oxygen atoms in total. The molecule has 1 amide bonds. The largest absolute Gasteiger partial charge is 0.495 e. The molecule has 5 atom stereocenters. The van der Waals surface area contributed by atoms with Crippen molar-refractivity contribution in [2.75, 3.05) is 26.6 Å². The lowest BCUT2D eigenvalue weighted by Crippen LogP contribution is -2.63. The summed E-state index contributed by atoms with van der Waals surface area (Å²) in [5.41, 5.74) is 1.20. The van der Waals surface area contributed by atoms with Crippen LogP contribution in [0, 0.1) is 5.92 Å². The van der Waals surface area contributed by atoms with Gasteiger partial charge in [0.2, 0.25) is 0 Å². The topological polar surface area (TPSA) is 109 Å². The Labute approximate surface area is 200 Å². The number of nitrogens with one attached hydrogen (secondary N) is 2. The summed E-state index contributed by atoms with van der Waals surface area (Å²) in [5.74, 6) is 0.254. The number of carbonyl (C=O) groups excluding carboxylic acids is 1. The summed E-state index contributed by atoms with van der Waals surface area (Å²) in [6.45, 7) is 5.37. The van der Waals surface area contributed by atoms with Gasteiger partial charge in [0, 0.05) is 26.5 Å². The Kier molecular flexibility index (Phi) is 9.60. The number of hydrogen-bond donors (Lipinski definition) is 4. The maximum absolute atomic E-state index is 12.1. The number of anilines is 1. The Bertz CT molecular complexity index is 863. The van der Waals surface area contributed by atoms with Crippen molar-refractivity contribution in [3.63, 3.8) is 0 Å². The first-order valence-corrected chi connectivity index (χ1v) is 11.2. The molecule has 184 valence electrons. The molecule has 0 spiro atoms. The van der Waals surface area contributed by atoms with E-state index in [1.807, 2.05) is 25.1 Å². The molecule has 33 heavy (non-hydrogen) atoms. The van der Waals surface area contributed by atoms with Crippen molar-refractivity contribution < 1.29 is 29.2 Å². The van der Waals surface area contributed by atoms with E-state index in [0.29, 0.717) is 17.2 Å². The lowest BCUT2D eigenvalue weighted by Gasteiger charge is -2.42. The predicted molar refractivity (Wildman–Crippen MR) is 129 cm³/mol. The molecule has 9 heteroatoms. The third-order valence-electron chi connectivity index (χ3n) is 5.90. The van der Waals surface area contributed by atoms with Crippen LogP contribution in [0.25, 0.3) is 0 Å². The van der Waals surface area contributed by atoms with Crippen LogP contribution in [0.15, 0.2) is 35.9 Å². The van der Waals surface area contributed by atoms with Gasteiger partial charge in [-0.25, -0.2) is 4.79 Å². The molecule has 1 fully saturated rings. The summed E-state index contributed by atoms with van der Waals surface area (Å²) >= 11 is 6.29. The van der Waals surface area contributed by atoms with Gasteiger partial charge < -0.3 is 29.7 Å². The first kappa shape index (κ1) is 27.0. The summed E-state index contributed by atoms with van der Waals surface area (Å²) < 4.78 is 16.1. The highest BCUT2D eigenvalue weighted by atomic mass is 35.5. The van der Waals surface area contributed by atoms with Crippen LogP contribution in [0.2, 0.25) is 5.02 Å². The average Bonchev–Trinajstić information content (AvgIpc) is 2.76. The van der Waals surface area contributed by atoms with Crippen molar-refractivity contribution in [2.24, 2.45) is 5.92 Å². The van der Waals surface area contributed by atoms with E-state index < -0.39 is 30.1 Å². The van der Waals surface area contributed by atoms with E-state index in [2.05, 4.69) is 10.6 Å². The van der Waals surface area contributed by atoms with E-state index in [1.54, 1.807) is 40.2 Å². The summed E-state index contributed by atoms with van der Waals surface area (Å²) in [6.07, 6.45) is 3.21. The molecule has 0 bridgehead atoms. The van der Waals surface area contributed by atoms with E-state index in [0.717, 1.165) is 16.8 Å².